The van der Waals surface area contributed by atoms with Crippen LogP contribution in [0.4, 0.5) is 0 Å². The normalized spacial score (nSPS) is 16.7. The van der Waals surface area contributed by atoms with Crippen molar-refractivity contribution in [2.45, 2.75) is 19.0 Å². The van der Waals surface area contributed by atoms with E-state index in [2.05, 4.69) is 37.5 Å². The van der Waals surface area contributed by atoms with E-state index < -0.39 is 6.04 Å². The molecule has 1 saturated heterocycles. The van der Waals surface area contributed by atoms with E-state index in [4.69, 9.17) is 14.2 Å². The highest BCUT2D eigenvalue weighted by Crippen LogP contribution is 2.36. The van der Waals surface area contributed by atoms with Crippen LogP contribution in [0.3, 0.4) is 0 Å². The molecule has 174 valence electrons. The lowest BCUT2D eigenvalue weighted by molar-refractivity contribution is 0.0214. The summed E-state index contributed by atoms with van der Waals surface area (Å²) in [5.41, 5.74) is 2.30. The Labute approximate surface area is 195 Å². The lowest BCUT2D eigenvalue weighted by Crippen LogP contribution is -2.42. The van der Waals surface area contributed by atoms with Crippen LogP contribution in [0.5, 0.6) is 11.5 Å². The maximum absolute atomic E-state index is 13.3. The fraction of sp³-hybridized carbons (Fsp3) is 0.333. The molecule has 4 aromatic rings. The van der Waals surface area contributed by atoms with E-state index >= 15 is 0 Å². The Morgan fingerprint density at radius 3 is 2.65 bits per heavy atom. The second-order valence-electron chi connectivity index (χ2n) is 8.39. The third-order valence-electron chi connectivity index (χ3n) is 6.33. The molecule has 0 unspecified atom stereocenters. The van der Waals surface area contributed by atoms with Gasteiger partial charge in [-0.05, 0) is 34.5 Å². The van der Waals surface area contributed by atoms with Gasteiger partial charge in [-0.2, -0.15) is 0 Å². The second kappa shape index (κ2) is 8.88. The number of pyridine rings is 1. The molecule has 0 radical (unpaired) electrons. The Morgan fingerprint density at radius 2 is 1.82 bits per heavy atom. The summed E-state index contributed by atoms with van der Waals surface area (Å²) in [7, 11) is 0. The first-order valence-corrected chi connectivity index (χ1v) is 11.3. The van der Waals surface area contributed by atoms with Gasteiger partial charge in [-0.25, -0.2) is 4.68 Å². The van der Waals surface area contributed by atoms with Crippen molar-refractivity contribution in [3.05, 3.63) is 75.8 Å². The van der Waals surface area contributed by atoms with Gasteiger partial charge in [0.2, 0.25) is 6.79 Å². The first kappa shape index (κ1) is 20.8. The number of aromatic amines is 1. The molecule has 0 spiro atoms. The Bertz CT molecular complexity index is 1360. The van der Waals surface area contributed by atoms with E-state index in [1.807, 2.05) is 30.3 Å². The van der Waals surface area contributed by atoms with E-state index in [0.717, 1.165) is 11.8 Å². The molecule has 0 saturated carbocycles. The zero-order valence-electron chi connectivity index (χ0n) is 18.5. The number of nitrogens with one attached hydrogen (secondary N) is 1. The largest absolute Gasteiger partial charge is 0.454 e. The Balaban J connectivity index is 1.41. The van der Waals surface area contributed by atoms with Crippen LogP contribution in [0.1, 0.15) is 23.0 Å². The monoisotopic (exact) mass is 460 g/mol. The number of aromatic nitrogens is 5. The standard InChI is InChI=1S/C24H24N6O4/c31-24-18(12-17-13-20-21(34-15-33-20)14-19(17)25-24)22(29-8-10-32-11-9-29)23-26-27-28-30(23)7-6-16-4-2-1-3-5-16/h1-5,12-14,22H,6-11,15H2,(H,25,31)/t22-/m1/s1. The summed E-state index contributed by atoms with van der Waals surface area (Å²) in [6.07, 6.45) is 0.784. The van der Waals surface area contributed by atoms with E-state index in [9.17, 15) is 4.79 Å². The molecule has 0 amide bonds. The molecule has 10 heteroatoms. The minimum Gasteiger partial charge on any atom is -0.454 e. The molecule has 0 aliphatic carbocycles. The van der Waals surface area contributed by atoms with Crippen LogP contribution < -0.4 is 15.0 Å². The molecule has 6 rings (SSSR count). The van der Waals surface area contributed by atoms with Gasteiger partial charge < -0.3 is 19.2 Å². The molecule has 0 bridgehead atoms. The molecule has 2 aromatic carbocycles. The number of H-pyrrole nitrogens is 1. The number of benzene rings is 2. The molecule has 1 atom stereocenters. The molecule has 2 aliphatic heterocycles. The first-order chi connectivity index (χ1) is 16.8. The van der Waals surface area contributed by atoms with E-state index in [-0.39, 0.29) is 12.4 Å². The summed E-state index contributed by atoms with van der Waals surface area (Å²) in [6.45, 7) is 3.31. The van der Waals surface area contributed by atoms with Gasteiger partial charge in [0.05, 0.1) is 18.7 Å². The summed E-state index contributed by atoms with van der Waals surface area (Å²) in [6, 6.07) is 15.4. The highest BCUT2D eigenvalue weighted by Gasteiger charge is 2.31. The predicted molar refractivity (Wildman–Crippen MR) is 123 cm³/mol. The first-order valence-electron chi connectivity index (χ1n) is 11.3. The number of hydrogen-bond acceptors (Lipinski definition) is 8. The maximum Gasteiger partial charge on any atom is 0.253 e. The van der Waals surface area contributed by atoms with Crippen molar-refractivity contribution in [2.75, 3.05) is 33.1 Å². The topological polar surface area (TPSA) is 107 Å². The fourth-order valence-corrected chi connectivity index (χ4v) is 4.60. The minimum absolute atomic E-state index is 0.176. The van der Waals surface area contributed by atoms with Gasteiger partial charge in [-0.1, -0.05) is 30.3 Å². The quantitative estimate of drug-likeness (QED) is 0.465. The summed E-state index contributed by atoms with van der Waals surface area (Å²) in [5.74, 6) is 1.94. The zero-order valence-corrected chi connectivity index (χ0v) is 18.5. The van der Waals surface area contributed by atoms with Gasteiger partial charge in [-0.15, -0.1) is 5.10 Å². The molecular formula is C24H24N6O4. The maximum atomic E-state index is 13.3. The zero-order chi connectivity index (χ0) is 22.9. The molecule has 1 N–H and O–H groups in total. The summed E-state index contributed by atoms with van der Waals surface area (Å²) < 4.78 is 18.4. The lowest BCUT2D eigenvalue weighted by Gasteiger charge is -2.33. The lowest BCUT2D eigenvalue weighted by atomic mass is 10.0. The number of rotatable bonds is 6. The molecule has 4 heterocycles. The molecule has 2 aromatic heterocycles. The molecular weight excluding hydrogens is 436 g/mol. The summed E-state index contributed by atoms with van der Waals surface area (Å²) in [5, 5.41) is 13.5. The summed E-state index contributed by atoms with van der Waals surface area (Å²) in [4.78, 5) is 18.6. The van der Waals surface area contributed by atoms with Crippen LogP contribution in [0.15, 0.2) is 53.3 Å². The SMILES string of the molecule is O=c1[nH]c2cc3c(cc2cc1[C@H](c1nnnn1CCc1ccccc1)N1CCOCC1)OCO3. The van der Waals surface area contributed by atoms with Crippen molar-refractivity contribution < 1.29 is 14.2 Å². The number of fused-ring (bicyclic) bond motifs is 2. The average molecular weight is 460 g/mol. The fourth-order valence-electron chi connectivity index (χ4n) is 4.60. The number of aryl methyl sites for hydroxylation is 2. The smallest absolute Gasteiger partial charge is 0.253 e. The average Bonchev–Trinajstić information content (AvgIpc) is 3.52. The Morgan fingerprint density at radius 1 is 1.03 bits per heavy atom. The van der Waals surface area contributed by atoms with Gasteiger partial charge in [0.15, 0.2) is 17.3 Å². The number of morpholine rings is 1. The highest BCUT2D eigenvalue weighted by atomic mass is 16.7. The molecule has 34 heavy (non-hydrogen) atoms. The van der Waals surface area contributed by atoms with Crippen LogP contribution in [-0.4, -0.2) is 63.2 Å². The minimum atomic E-state index is -0.409. The van der Waals surface area contributed by atoms with Gasteiger partial charge >= 0.3 is 0 Å². The van der Waals surface area contributed by atoms with Crippen molar-refractivity contribution in [1.82, 2.24) is 30.1 Å². The van der Waals surface area contributed by atoms with Crippen LogP contribution in [0.25, 0.3) is 10.9 Å². The number of nitrogens with zero attached hydrogens (tertiary/aromatic N) is 5. The molecule has 10 nitrogen and oxygen atoms in total. The number of hydrogen-bond donors (Lipinski definition) is 1. The van der Waals surface area contributed by atoms with Crippen LogP contribution in [0.2, 0.25) is 0 Å². The van der Waals surface area contributed by atoms with Crippen LogP contribution >= 0.6 is 0 Å². The van der Waals surface area contributed by atoms with Gasteiger partial charge in [-0.3, -0.25) is 9.69 Å². The second-order valence-corrected chi connectivity index (χ2v) is 8.39. The third kappa shape index (κ3) is 3.91. The van der Waals surface area contributed by atoms with Gasteiger partial charge in [0.25, 0.3) is 5.56 Å². The number of ether oxygens (including phenoxy) is 3. The molecule has 1 fully saturated rings. The van der Waals surface area contributed by atoms with E-state index in [1.54, 1.807) is 10.7 Å². The van der Waals surface area contributed by atoms with Crippen LogP contribution in [0, 0.1) is 0 Å². The van der Waals surface area contributed by atoms with E-state index in [1.165, 1.54) is 5.56 Å². The van der Waals surface area contributed by atoms with Crippen molar-refractivity contribution in [1.29, 1.82) is 0 Å². The van der Waals surface area contributed by atoms with Gasteiger partial charge in [0.1, 0.15) is 6.04 Å². The Hall–Kier alpha value is -3.76. The van der Waals surface area contributed by atoms with Crippen molar-refractivity contribution >= 4 is 10.9 Å². The predicted octanol–water partition coefficient (Wildman–Crippen LogP) is 1.91. The third-order valence-corrected chi connectivity index (χ3v) is 6.33. The van der Waals surface area contributed by atoms with Crippen molar-refractivity contribution in [3.63, 3.8) is 0 Å². The number of tetrazole rings is 1. The summed E-state index contributed by atoms with van der Waals surface area (Å²) >= 11 is 0. The van der Waals surface area contributed by atoms with Gasteiger partial charge in [0, 0.05) is 36.7 Å². The van der Waals surface area contributed by atoms with Crippen molar-refractivity contribution in [2.24, 2.45) is 0 Å². The highest BCUT2D eigenvalue weighted by molar-refractivity contribution is 5.83. The van der Waals surface area contributed by atoms with Crippen LogP contribution in [-0.2, 0) is 17.7 Å². The Kier molecular flexibility index (Phi) is 5.44. The van der Waals surface area contributed by atoms with Crippen molar-refractivity contribution in [3.8, 4) is 11.5 Å². The van der Waals surface area contributed by atoms with E-state index in [0.29, 0.717) is 61.3 Å². The molecule has 2 aliphatic rings.